The van der Waals surface area contributed by atoms with E-state index in [0.29, 0.717) is 25.8 Å². The molecule has 1 aromatic carbocycles. The molecule has 14 nitrogen and oxygen atoms in total. The van der Waals surface area contributed by atoms with Crippen LogP contribution in [0.4, 0.5) is 20.6 Å². The summed E-state index contributed by atoms with van der Waals surface area (Å²) in [4.78, 5) is 78.5. The minimum absolute atomic E-state index is 0. The number of fused-ring (bicyclic) bond motifs is 2. The number of carbonyl (C=O) groups excluding carboxylic acids is 5. The van der Waals surface area contributed by atoms with Gasteiger partial charge in [-0.05, 0) is 23.9 Å². The second kappa shape index (κ2) is 16.1. The van der Waals surface area contributed by atoms with Crippen LogP contribution in [0.1, 0.15) is 34.5 Å². The number of quaternary nitrogens is 1. The van der Waals surface area contributed by atoms with E-state index in [1.54, 1.807) is 11.0 Å². The van der Waals surface area contributed by atoms with Crippen molar-refractivity contribution in [1.82, 2.24) is 19.5 Å². The van der Waals surface area contributed by atoms with Gasteiger partial charge in [0.25, 0.3) is 5.91 Å². The van der Waals surface area contributed by atoms with Gasteiger partial charge in [0.1, 0.15) is 47.4 Å². The molecule has 266 valence electrons. The average Bonchev–Trinajstić information content (AvgIpc) is 3.65. The molecule has 3 amide bonds. The summed E-state index contributed by atoms with van der Waals surface area (Å²) in [6.07, 6.45) is 2.19. The van der Waals surface area contributed by atoms with Crippen LogP contribution in [0.3, 0.4) is 0 Å². The van der Waals surface area contributed by atoms with Gasteiger partial charge in [-0.1, -0.05) is 6.07 Å². The molecule has 0 spiro atoms. The van der Waals surface area contributed by atoms with E-state index in [1.165, 1.54) is 29.2 Å². The molecule has 2 saturated heterocycles. The second-order valence-corrected chi connectivity index (χ2v) is 15.2. The van der Waals surface area contributed by atoms with Crippen molar-refractivity contribution in [1.29, 1.82) is 0 Å². The molecule has 1 aromatic heterocycles. The van der Waals surface area contributed by atoms with Crippen molar-refractivity contribution in [2.24, 2.45) is 0 Å². The standard InChI is InChI=1S/C32H29ClFN5O9S2.2Na.2H/c33-39(17-3-4-17)12-20(30(43)44)27(41)19-9-21(34)22(10-23(19)39)37-6-5-16(11-37)35-32(47)48-13-15-14-50-29-25(28(42)38(29)26(15)31(45)46)36-24(40)8-18-2-1-7-49-18;;;;/h1-2,7,9-10,12,16-17,25,29H,3-6,8,11,13-14H2,(H3-,35,36,40,43,44,45,46,47);;;;/t16?,25-,29-,39?;;;;/m1..../s1. The zero-order chi connectivity index (χ0) is 35.5. The molecule has 20 heteroatoms. The van der Waals surface area contributed by atoms with E-state index < -0.39 is 69.2 Å². The first-order valence-electron chi connectivity index (χ1n) is 15.7. The first kappa shape index (κ1) is 40.7. The maximum absolute atomic E-state index is 15.4. The Morgan fingerprint density at radius 3 is 2.54 bits per heavy atom. The summed E-state index contributed by atoms with van der Waals surface area (Å²) in [5.74, 6) is -5.45. The Hall–Kier alpha value is -2.45. The van der Waals surface area contributed by atoms with Crippen LogP contribution in [0, 0.1) is 5.82 Å². The summed E-state index contributed by atoms with van der Waals surface area (Å²) in [5.41, 5.74) is -0.441. The molecule has 1 saturated carbocycles. The average molecular weight is 794 g/mol. The number of halogens is 2. The van der Waals surface area contributed by atoms with Crippen LogP contribution in [-0.4, -0.2) is 154 Å². The van der Waals surface area contributed by atoms with Gasteiger partial charge in [0.05, 0.1) is 29.7 Å². The van der Waals surface area contributed by atoms with Crippen molar-refractivity contribution in [3.63, 3.8) is 0 Å². The van der Waals surface area contributed by atoms with Gasteiger partial charge < -0.3 is 35.3 Å². The molecule has 2 aromatic rings. The Kier molecular flexibility index (Phi) is 12.6. The predicted octanol–water partition coefficient (Wildman–Crippen LogP) is 0.330. The third kappa shape index (κ3) is 7.72. The third-order valence-electron chi connectivity index (χ3n) is 9.25. The van der Waals surface area contributed by atoms with E-state index in [-0.39, 0.29) is 118 Å². The molecule has 4 atom stereocenters. The summed E-state index contributed by atoms with van der Waals surface area (Å²) in [6, 6.07) is 4.52. The number of thioether (sulfide) groups is 1. The summed E-state index contributed by atoms with van der Waals surface area (Å²) in [5, 5.41) is 28.2. The van der Waals surface area contributed by atoms with E-state index in [2.05, 4.69) is 10.6 Å². The van der Waals surface area contributed by atoms with Gasteiger partial charge in [-0.2, -0.15) is 4.00 Å². The topological polar surface area (TPSA) is 185 Å². The Bertz CT molecular complexity index is 1910. The fourth-order valence-electron chi connectivity index (χ4n) is 6.67. The van der Waals surface area contributed by atoms with Crippen LogP contribution in [-0.2, 0) is 30.3 Å². The molecule has 3 N–H and O–H groups in total. The summed E-state index contributed by atoms with van der Waals surface area (Å²) < 4.78 is 20.3. The van der Waals surface area contributed by atoms with Crippen LogP contribution in [0.2, 0.25) is 0 Å². The Morgan fingerprint density at radius 2 is 1.88 bits per heavy atom. The van der Waals surface area contributed by atoms with Gasteiger partial charge in [-0.3, -0.25) is 19.3 Å². The number of thiophene rings is 1. The number of anilines is 1. The number of β-lactam (4-membered cyclic amide) rings is 1. The molecule has 2 unspecified atom stereocenters. The van der Waals surface area contributed by atoms with Crippen LogP contribution in [0.5, 0.6) is 0 Å². The number of carbonyl (C=O) groups is 6. The number of rotatable bonds is 10. The molecule has 4 aliphatic heterocycles. The number of hydrogen-bond donors (Lipinski definition) is 3. The summed E-state index contributed by atoms with van der Waals surface area (Å²) >= 11 is 9.53. The number of hydrogen-bond acceptors (Lipinski definition) is 11. The summed E-state index contributed by atoms with van der Waals surface area (Å²) in [7, 11) is 0. The van der Waals surface area contributed by atoms with Gasteiger partial charge in [0, 0.05) is 48.2 Å². The van der Waals surface area contributed by atoms with Gasteiger partial charge in [-0.25, -0.2) is 14.0 Å². The van der Waals surface area contributed by atoms with Crippen molar-refractivity contribution in [3.05, 3.63) is 68.9 Å². The van der Waals surface area contributed by atoms with E-state index in [9.17, 15) is 39.0 Å². The van der Waals surface area contributed by atoms with E-state index in [0.717, 1.165) is 22.0 Å². The molecule has 0 bridgehead atoms. The van der Waals surface area contributed by atoms with Gasteiger partial charge in [0.15, 0.2) is 17.5 Å². The van der Waals surface area contributed by atoms with Crippen molar-refractivity contribution < 1.29 is 48.1 Å². The van der Waals surface area contributed by atoms with Gasteiger partial charge in [-0.15, -0.1) is 23.1 Å². The number of carboxylic acid groups (broad SMARTS) is 2. The number of Topliss-reactive ketones (excluding diaryl/α,β-unsaturated/α-hetero) is 1. The molecular weight excluding hydrogens is 763 g/mol. The number of amides is 3. The number of aliphatic carboxylic acids is 2. The molecule has 1 aliphatic carbocycles. The van der Waals surface area contributed by atoms with Gasteiger partial charge in [0.2, 0.25) is 11.7 Å². The first-order valence-corrected chi connectivity index (χ1v) is 17.9. The maximum atomic E-state index is 15.4. The number of carboxylic acids is 2. The van der Waals surface area contributed by atoms with Crippen molar-refractivity contribution in [2.75, 3.05) is 30.3 Å². The second-order valence-electron chi connectivity index (χ2n) is 12.5. The van der Waals surface area contributed by atoms with Crippen LogP contribution >= 0.6 is 34.9 Å². The minimum atomic E-state index is -1.69. The third-order valence-corrected chi connectivity index (χ3v) is 12.0. The van der Waals surface area contributed by atoms with Crippen molar-refractivity contribution in [2.45, 2.75) is 49.2 Å². The monoisotopic (exact) mass is 793 g/mol. The van der Waals surface area contributed by atoms with E-state index in [1.807, 2.05) is 11.4 Å². The Morgan fingerprint density at radius 1 is 1.13 bits per heavy atom. The normalized spacial score (nSPS) is 24.7. The van der Waals surface area contributed by atoms with E-state index in [4.69, 9.17) is 16.5 Å². The number of ketones is 1. The SMILES string of the molecule is O=C(Cc1cccs1)N[C@@H]1C(=O)N2C(C(=O)O)=C(COC(=O)NC3CCN(c4cc5c(cc4F)C(=O)C(C(=O)[O-])=C[N+]5(Cl)C4CC4)C3)CS[C@H]12.[NaH].[NaH]. The fourth-order valence-corrected chi connectivity index (χ4v) is 9.13. The molecule has 5 aliphatic rings. The number of ether oxygens (including phenoxy) is 1. The first-order chi connectivity index (χ1) is 23.9. The Balaban J connectivity index is 0.00000261. The molecule has 5 heterocycles. The number of nitrogens with one attached hydrogen (secondary N) is 2. The zero-order valence-electron chi connectivity index (χ0n) is 26.1. The number of benzene rings is 1. The van der Waals surface area contributed by atoms with Gasteiger partial charge >= 0.3 is 71.2 Å². The van der Waals surface area contributed by atoms with Crippen molar-refractivity contribution in [3.8, 4) is 0 Å². The van der Waals surface area contributed by atoms with Crippen LogP contribution in [0.25, 0.3) is 0 Å². The van der Waals surface area contributed by atoms with E-state index >= 15 is 4.39 Å². The quantitative estimate of drug-likeness (QED) is 0.130. The molecular formula is C32H31ClFN5Na2O9S2. The predicted molar refractivity (Wildman–Crippen MR) is 192 cm³/mol. The molecule has 3 fully saturated rings. The Labute approximate surface area is 354 Å². The zero-order valence-corrected chi connectivity index (χ0v) is 28.4. The molecule has 0 radical (unpaired) electrons. The molecule has 7 rings (SSSR count). The van der Waals surface area contributed by atoms with Crippen LogP contribution in [0.15, 0.2) is 52.7 Å². The van der Waals surface area contributed by atoms with Crippen molar-refractivity contribution >= 4 is 141 Å². The fraction of sp³-hybridized carbons (Fsp3) is 0.375. The number of nitrogens with zero attached hydrogens (tertiary/aromatic N) is 3. The van der Waals surface area contributed by atoms with Crippen LogP contribution < -0.4 is 24.6 Å². The molecule has 52 heavy (non-hydrogen) atoms. The summed E-state index contributed by atoms with van der Waals surface area (Å²) in [6.45, 7) is 0.108. The number of alkyl carbamates (subject to hydrolysis) is 1.